The standard InChI is InChI=1S/C22H20Cl2N2O2S/c1-13(19-17(23)5-4-6-18(19)24)20-14(2)21(27)26-22(25-20)29-12-11-15-7-9-16(28-3)10-8-15/h4-13H,1-3H3,(H,25,26,27)/b12-11+. The summed E-state index contributed by atoms with van der Waals surface area (Å²) in [6.45, 7) is 3.70. The number of nitrogens with zero attached hydrogens (tertiary/aromatic N) is 1. The average Bonchev–Trinajstić information content (AvgIpc) is 2.70. The molecule has 0 aliphatic heterocycles. The molecule has 1 heterocycles. The molecule has 1 N–H and O–H groups in total. The van der Waals surface area contributed by atoms with Crippen molar-refractivity contribution in [3.63, 3.8) is 0 Å². The highest BCUT2D eigenvalue weighted by Gasteiger charge is 2.20. The first-order valence-corrected chi connectivity index (χ1v) is 10.6. The summed E-state index contributed by atoms with van der Waals surface area (Å²) in [6, 6.07) is 13.1. The number of aromatic amines is 1. The number of nitrogens with one attached hydrogen (secondary N) is 1. The summed E-state index contributed by atoms with van der Waals surface area (Å²) in [5.41, 5.74) is 2.82. The van der Waals surface area contributed by atoms with Crippen LogP contribution in [0.5, 0.6) is 5.75 Å². The zero-order valence-electron chi connectivity index (χ0n) is 16.2. The van der Waals surface area contributed by atoms with E-state index in [0.717, 1.165) is 16.9 Å². The summed E-state index contributed by atoms with van der Waals surface area (Å²) < 4.78 is 5.16. The molecule has 3 rings (SSSR count). The van der Waals surface area contributed by atoms with Gasteiger partial charge in [0.15, 0.2) is 5.16 Å². The maximum atomic E-state index is 12.5. The van der Waals surface area contributed by atoms with Gasteiger partial charge in [-0.15, -0.1) is 0 Å². The van der Waals surface area contributed by atoms with E-state index < -0.39 is 0 Å². The molecule has 0 radical (unpaired) electrons. The second-order valence-corrected chi connectivity index (χ2v) is 8.14. The van der Waals surface area contributed by atoms with Gasteiger partial charge in [0.2, 0.25) is 0 Å². The van der Waals surface area contributed by atoms with Gasteiger partial charge in [-0.2, -0.15) is 0 Å². The third kappa shape index (κ3) is 5.04. The van der Waals surface area contributed by atoms with Crippen molar-refractivity contribution >= 4 is 41.0 Å². The third-order valence-corrected chi connectivity index (χ3v) is 5.91. The van der Waals surface area contributed by atoms with E-state index in [-0.39, 0.29) is 11.5 Å². The van der Waals surface area contributed by atoms with Crippen LogP contribution < -0.4 is 10.3 Å². The van der Waals surface area contributed by atoms with Gasteiger partial charge in [0.05, 0.1) is 12.8 Å². The second kappa shape index (κ2) is 9.53. The van der Waals surface area contributed by atoms with Crippen LogP contribution >= 0.6 is 35.0 Å². The maximum absolute atomic E-state index is 12.5. The number of hydrogen-bond donors (Lipinski definition) is 1. The van der Waals surface area contributed by atoms with Gasteiger partial charge in [-0.3, -0.25) is 4.79 Å². The Hall–Kier alpha value is -2.21. The van der Waals surface area contributed by atoms with E-state index in [2.05, 4.69) is 9.97 Å². The molecule has 0 aliphatic carbocycles. The van der Waals surface area contributed by atoms with Crippen LogP contribution in [-0.4, -0.2) is 17.1 Å². The van der Waals surface area contributed by atoms with Crippen LogP contribution in [0.25, 0.3) is 6.08 Å². The Morgan fingerprint density at radius 2 is 1.79 bits per heavy atom. The van der Waals surface area contributed by atoms with E-state index in [4.69, 9.17) is 27.9 Å². The number of ether oxygens (including phenoxy) is 1. The topological polar surface area (TPSA) is 55.0 Å². The molecule has 0 fully saturated rings. The van der Waals surface area contributed by atoms with Gasteiger partial charge in [0.25, 0.3) is 5.56 Å². The van der Waals surface area contributed by atoms with Gasteiger partial charge in [-0.05, 0) is 53.8 Å². The number of benzene rings is 2. The molecule has 0 amide bonds. The predicted molar refractivity (Wildman–Crippen MR) is 121 cm³/mol. The van der Waals surface area contributed by atoms with Gasteiger partial charge in [0, 0.05) is 21.5 Å². The molecule has 1 aromatic heterocycles. The van der Waals surface area contributed by atoms with Crippen molar-refractivity contribution in [1.29, 1.82) is 0 Å². The molecule has 150 valence electrons. The highest BCUT2D eigenvalue weighted by atomic mass is 35.5. The number of methoxy groups -OCH3 is 1. The zero-order chi connectivity index (χ0) is 21.0. The highest BCUT2D eigenvalue weighted by molar-refractivity contribution is 8.02. The van der Waals surface area contributed by atoms with Crippen LogP contribution in [0.4, 0.5) is 0 Å². The van der Waals surface area contributed by atoms with Gasteiger partial charge in [-0.1, -0.05) is 60.1 Å². The molecule has 7 heteroatoms. The van der Waals surface area contributed by atoms with Crippen molar-refractivity contribution in [2.75, 3.05) is 7.11 Å². The highest BCUT2D eigenvalue weighted by Crippen LogP contribution is 2.35. The van der Waals surface area contributed by atoms with E-state index in [9.17, 15) is 4.79 Å². The lowest BCUT2D eigenvalue weighted by atomic mass is 9.95. The molecule has 1 unspecified atom stereocenters. The lowest BCUT2D eigenvalue weighted by molar-refractivity contribution is 0.415. The Labute approximate surface area is 183 Å². The van der Waals surface area contributed by atoms with Crippen molar-refractivity contribution in [2.45, 2.75) is 24.9 Å². The Morgan fingerprint density at radius 3 is 2.41 bits per heavy atom. The first-order chi connectivity index (χ1) is 13.9. The fourth-order valence-corrected chi connectivity index (χ4v) is 4.34. The molecule has 0 saturated heterocycles. The summed E-state index contributed by atoms with van der Waals surface area (Å²) >= 11 is 14.1. The van der Waals surface area contributed by atoms with Crippen molar-refractivity contribution in [1.82, 2.24) is 9.97 Å². The van der Waals surface area contributed by atoms with Crippen molar-refractivity contribution in [2.24, 2.45) is 0 Å². The fourth-order valence-electron chi connectivity index (χ4n) is 2.96. The van der Waals surface area contributed by atoms with Gasteiger partial charge in [-0.25, -0.2) is 4.98 Å². The zero-order valence-corrected chi connectivity index (χ0v) is 18.5. The Kier molecular flexibility index (Phi) is 7.06. The minimum atomic E-state index is -0.219. The third-order valence-electron chi connectivity index (χ3n) is 4.57. The molecular formula is C22H20Cl2N2O2S. The number of hydrogen-bond acceptors (Lipinski definition) is 4. The molecule has 0 bridgehead atoms. The predicted octanol–water partition coefficient (Wildman–Crippen LogP) is 6.31. The lowest BCUT2D eigenvalue weighted by Crippen LogP contribution is -2.18. The number of rotatable bonds is 6. The van der Waals surface area contributed by atoms with E-state index in [0.29, 0.717) is 26.5 Å². The second-order valence-electron chi connectivity index (χ2n) is 6.43. The molecule has 0 saturated carbocycles. The van der Waals surface area contributed by atoms with Crippen LogP contribution in [0.2, 0.25) is 10.0 Å². The van der Waals surface area contributed by atoms with Gasteiger partial charge < -0.3 is 9.72 Å². The minimum absolute atomic E-state index is 0.176. The Bertz CT molecular complexity index is 1070. The summed E-state index contributed by atoms with van der Waals surface area (Å²) in [5, 5.41) is 3.50. The number of aromatic nitrogens is 2. The molecule has 0 aliphatic rings. The van der Waals surface area contributed by atoms with Crippen molar-refractivity contribution in [3.05, 3.63) is 90.7 Å². The maximum Gasteiger partial charge on any atom is 0.254 e. The summed E-state index contributed by atoms with van der Waals surface area (Å²) in [7, 11) is 1.63. The van der Waals surface area contributed by atoms with E-state index in [1.807, 2.05) is 42.7 Å². The average molecular weight is 447 g/mol. The fraction of sp³-hybridized carbons (Fsp3) is 0.182. The van der Waals surface area contributed by atoms with Gasteiger partial charge in [0.1, 0.15) is 5.75 Å². The number of H-pyrrole nitrogens is 1. The first-order valence-electron chi connectivity index (χ1n) is 8.92. The molecule has 4 nitrogen and oxygen atoms in total. The first kappa shape index (κ1) is 21.5. The van der Waals surface area contributed by atoms with E-state index >= 15 is 0 Å². The molecule has 1 atom stereocenters. The van der Waals surface area contributed by atoms with Crippen LogP contribution in [0, 0.1) is 6.92 Å². The van der Waals surface area contributed by atoms with Crippen molar-refractivity contribution in [3.8, 4) is 5.75 Å². The SMILES string of the molecule is COc1ccc(/C=C/Sc2nc(C(C)c3c(Cl)cccc3Cl)c(C)c(=O)[nH]2)cc1. The van der Waals surface area contributed by atoms with Crippen LogP contribution in [0.1, 0.15) is 35.2 Å². The molecular weight excluding hydrogens is 427 g/mol. The lowest BCUT2D eigenvalue weighted by Gasteiger charge is -2.17. The normalized spacial score (nSPS) is 12.3. The van der Waals surface area contributed by atoms with E-state index in [1.165, 1.54) is 11.8 Å². The number of halogens is 2. The quantitative estimate of drug-likeness (QED) is 0.356. The van der Waals surface area contributed by atoms with Gasteiger partial charge >= 0.3 is 0 Å². The molecule has 0 spiro atoms. The Morgan fingerprint density at radius 1 is 1.14 bits per heavy atom. The molecule has 29 heavy (non-hydrogen) atoms. The largest absolute Gasteiger partial charge is 0.497 e. The Balaban J connectivity index is 1.87. The van der Waals surface area contributed by atoms with Crippen molar-refractivity contribution < 1.29 is 4.74 Å². The molecule has 2 aromatic carbocycles. The summed E-state index contributed by atoms with van der Waals surface area (Å²) in [6.07, 6.45) is 1.94. The summed E-state index contributed by atoms with van der Waals surface area (Å²) in [5.74, 6) is 0.583. The smallest absolute Gasteiger partial charge is 0.254 e. The van der Waals surface area contributed by atoms with Crippen LogP contribution in [0.3, 0.4) is 0 Å². The number of thioether (sulfide) groups is 1. The summed E-state index contributed by atoms with van der Waals surface area (Å²) in [4.78, 5) is 19.9. The van der Waals surface area contributed by atoms with Crippen LogP contribution in [0.15, 0.2) is 57.8 Å². The van der Waals surface area contributed by atoms with E-state index in [1.54, 1.807) is 32.2 Å². The van der Waals surface area contributed by atoms with Crippen LogP contribution in [-0.2, 0) is 0 Å². The molecule has 3 aromatic rings. The minimum Gasteiger partial charge on any atom is -0.497 e. The monoisotopic (exact) mass is 446 g/mol.